The van der Waals surface area contributed by atoms with Crippen LogP contribution in [0.3, 0.4) is 0 Å². The van der Waals surface area contributed by atoms with Gasteiger partial charge < -0.3 is 15.9 Å². The first-order valence-corrected chi connectivity index (χ1v) is 16.5. The number of aromatic nitrogens is 8. The average molecular weight is 633 g/mol. The predicted octanol–water partition coefficient (Wildman–Crippen LogP) is 4.74. The minimum Gasteiger partial charge on any atom is -0.326 e. The van der Waals surface area contributed by atoms with Gasteiger partial charge in [-0.2, -0.15) is 0 Å². The smallest absolute Gasteiger partial charge is 0.209 e. The maximum atomic E-state index is 11.3. The van der Waals surface area contributed by atoms with E-state index in [1.54, 1.807) is 6.20 Å². The van der Waals surface area contributed by atoms with Crippen LogP contribution in [0.4, 0.5) is 0 Å². The molecule has 0 aliphatic rings. The minimum absolute atomic E-state index is 0.252. The first-order valence-electron chi connectivity index (χ1n) is 14.6. The van der Waals surface area contributed by atoms with Gasteiger partial charge in [0.05, 0.1) is 28.7 Å². The number of hydrogen-bond acceptors (Lipinski definition) is 7. The summed E-state index contributed by atoms with van der Waals surface area (Å²) in [6.07, 6.45) is 8.66. The van der Waals surface area contributed by atoms with Crippen LogP contribution in [-0.2, 0) is 37.2 Å². The van der Waals surface area contributed by atoms with Crippen LogP contribution < -0.4 is 10.5 Å². The van der Waals surface area contributed by atoms with Crippen LogP contribution in [0.15, 0.2) is 85.5 Å². The van der Waals surface area contributed by atoms with E-state index in [0.717, 1.165) is 78.1 Å². The molecule has 8 rings (SSSR count). The topological polar surface area (TPSA) is 165 Å². The van der Waals surface area contributed by atoms with Crippen molar-refractivity contribution in [1.82, 2.24) is 44.2 Å². The molecule has 12 nitrogen and oxygen atoms in total. The largest absolute Gasteiger partial charge is 0.326 e. The normalized spacial score (nSPS) is 11.9. The molecule has 2 aromatic carbocycles. The maximum absolute atomic E-state index is 11.3. The van der Waals surface area contributed by atoms with Crippen molar-refractivity contribution in [3.05, 3.63) is 96.6 Å². The number of benzene rings is 2. The molecule has 0 saturated carbocycles. The second-order valence-corrected chi connectivity index (χ2v) is 13.1. The number of H-pyrrole nitrogens is 2. The average Bonchev–Trinajstić information content (AvgIpc) is 3.85. The van der Waals surface area contributed by atoms with Gasteiger partial charge in [0.25, 0.3) is 0 Å². The molecule has 0 amide bonds. The lowest BCUT2D eigenvalue weighted by atomic mass is 10.1. The SMILES string of the molecule is Cn1[nH]cc2cnc3nc(-c4cccc(CN)c4)cc3c21.Cn1[nH]cc2cnc3nc(-c4cccc(CNS(C)(=O)=O)c4)cc3c21. The highest BCUT2D eigenvalue weighted by Crippen LogP contribution is 2.30. The Balaban J connectivity index is 0.000000149. The quantitative estimate of drug-likeness (QED) is 0.206. The molecular weight excluding hydrogens is 600 g/mol. The molecule has 6 heterocycles. The molecule has 0 radical (unpaired) electrons. The van der Waals surface area contributed by atoms with Gasteiger partial charge in [-0.1, -0.05) is 36.4 Å². The Labute approximate surface area is 264 Å². The van der Waals surface area contributed by atoms with E-state index in [2.05, 4.69) is 53.1 Å². The van der Waals surface area contributed by atoms with Gasteiger partial charge in [0, 0.05) is 84.6 Å². The van der Waals surface area contributed by atoms with E-state index in [0.29, 0.717) is 12.2 Å². The Kier molecular flexibility index (Phi) is 7.35. The number of aromatic amines is 2. The molecule has 13 heteroatoms. The molecule has 0 unspecified atom stereocenters. The van der Waals surface area contributed by atoms with Crippen molar-refractivity contribution in [3.8, 4) is 22.5 Å². The third kappa shape index (κ3) is 5.62. The van der Waals surface area contributed by atoms with Gasteiger partial charge in [0.1, 0.15) is 0 Å². The number of nitrogens with two attached hydrogens (primary N) is 1. The Hall–Kier alpha value is -5.37. The lowest BCUT2D eigenvalue weighted by molar-refractivity contribution is 0.587. The third-order valence-corrected chi connectivity index (χ3v) is 8.59. The van der Waals surface area contributed by atoms with E-state index in [-0.39, 0.29) is 6.54 Å². The Morgan fingerprint density at radius 3 is 1.76 bits per heavy atom. The highest BCUT2D eigenvalue weighted by atomic mass is 32.2. The summed E-state index contributed by atoms with van der Waals surface area (Å²) in [7, 11) is 0.715. The molecule has 5 N–H and O–H groups in total. The summed E-state index contributed by atoms with van der Waals surface area (Å²) >= 11 is 0. The molecular formula is C33H32N10O2S. The second-order valence-electron chi connectivity index (χ2n) is 11.2. The van der Waals surface area contributed by atoms with Crippen molar-refractivity contribution >= 4 is 53.9 Å². The van der Waals surface area contributed by atoms with Gasteiger partial charge in [-0.05, 0) is 35.4 Å². The first kappa shape index (κ1) is 29.3. The van der Waals surface area contributed by atoms with Gasteiger partial charge in [-0.3, -0.25) is 9.36 Å². The summed E-state index contributed by atoms with van der Waals surface area (Å²) in [6, 6.07) is 19.9. The molecule has 46 heavy (non-hydrogen) atoms. The van der Waals surface area contributed by atoms with Crippen LogP contribution in [0, 0.1) is 0 Å². The third-order valence-electron chi connectivity index (χ3n) is 7.92. The summed E-state index contributed by atoms with van der Waals surface area (Å²) in [4.78, 5) is 18.1. The van der Waals surface area contributed by atoms with E-state index in [4.69, 9.17) is 5.73 Å². The number of pyridine rings is 2. The van der Waals surface area contributed by atoms with Crippen LogP contribution in [0.25, 0.3) is 66.4 Å². The summed E-state index contributed by atoms with van der Waals surface area (Å²) in [5.74, 6) is 0. The van der Waals surface area contributed by atoms with E-state index in [1.165, 1.54) is 0 Å². The maximum Gasteiger partial charge on any atom is 0.209 e. The molecule has 0 aliphatic carbocycles. The predicted molar refractivity (Wildman–Crippen MR) is 181 cm³/mol. The fraction of sp³-hybridized carbons (Fsp3) is 0.152. The van der Waals surface area contributed by atoms with Crippen molar-refractivity contribution < 1.29 is 8.42 Å². The summed E-state index contributed by atoms with van der Waals surface area (Å²) in [5, 5.41) is 10.5. The summed E-state index contributed by atoms with van der Waals surface area (Å²) < 4.78 is 29.0. The van der Waals surface area contributed by atoms with Crippen LogP contribution in [0.1, 0.15) is 11.1 Å². The molecule has 232 valence electrons. The van der Waals surface area contributed by atoms with E-state index in [9.17, 15) is 8.42 Å². The number of rotatable bonds is 6. The summed E-state index contributed by atoms with van der Waals surface area (Å²) in [6.45, 7) is 0.783. The van der Waals surface area contributed by atoms with Gasteiger partial charge in [-0.15, -0.1) is 0 Å². The molecule has 0 aliphatic heterocycles. The zero-order chi connectivity index (χ0) is 32.0. The molecule has 6 aromatic heterocycles. The Morgan fingerprint density at radius 1 is 0.761 bits per heavy atom. The second kappa shape index (κ2) is 11.5. The zero-order valence-corrected chi connectivity index (χ0v) is 26.3. The van der Waals surface area contributed by atoms with Crippen molar-refractivity contribution in [2.24, 2.45) is 19.8 Å². The standard InChI is InChI=1S/C17H17N5O2S.C16H15N5/c1-22-16-13(10-19-22)9-18-17-14(16)7-15(21-17)12-5-3-4-11(6-12)8-20-25(2,23)24;1-21-15-12(9-19-21)8-18-16-13(15)6-14(20-16)11-4-2-3-10(5-11)7-17/h3-7,9-10,19-20H,8H2,1-2H3;2-6,8-9,19H,7,17H2,1H3. The lowest BCUT2D eigenvalue weighted by Crippen LogP contribution is -2.21. The summed E-state index contributed by atoms with van der Waals surface area (Å²) in [5.41, 5.74) is 15.1. The molecule has 0 saturated heterocycles. The fourth-order valence-corrected chi connectivity index (χ4v) is 6.11. The fourth-order valence-electron chi connectivity index (χ4n) is 5.69. The van der Waals surface area contributed by atoms with Crippen LogP contribution >= 0.6 is 0 Å². The van der Waals surface area contributed by atoms with Gasteiger partial charge in [-0.25, -0.2) is 33.1 Å². The number of aryl methyl sites for hydroxylation is 2. The minimum atomic E-state index is -3.22. The highest BCUT2D eigenvalue weighted by Gasteiger charge is 2.13. The first-order chi connectivity index (χ1) is 22.2. The molecule has 0 bridgehead atoms. The monoisotopic (exact) mass is 632 g/mol. The number of hydrogen-bond donors (Lipinski definition) is 4. The van der Waals surface area contributed by atoms with Crippen molar-refractivity contribution in [2.45, 2.75) is 13.1 Å². The molecule has 0 spiro atoms. The van der Waals surface area contributed by atoms with Crippen LogP contribution in [-0.4, -0.2) is 54.2 Å². The van der Waals surface area contributed by atoms with Gasteiger partial charge in [0.15, 0.2) is 11.3 Å². The Morgan fingerprint density at radius 2 is 1.26 bits per heavy atom. The highest BCUT2D eigenvalue weighted by molar-refractivity contribution is 7.88. The van der Waals surface area contributed by atoms with Crippen LogP contribution in [0.2, 0.25) is 0 Å². The molecule has 0 fully saturated rings. The number of sulfonamides is 1. The van der Waals surface area contributed by atoms with E-state index < -0.39 is 10.0 Å². The van der Waals surface area contributed by atoms with Gasteiger partial charge >= 0.3 is 0 Å². The van der Waals surface area contributed by atoms with Crippen molar-refractivity contribution in [1.29, 1.82) is 0 Å². The zero-order valence-electron chi connectivity index (χ0n) is 25.5. The molecule has 8 aromatic rings. The van der Waals surface area contributed by atoms with Crippen molar-refractivity contribution in [2.75, 3.05) is 6.26 Å². The van der Waals surface area contributed by atoms with E-state index in [1.807, 2.05) is 84.5 Å². The number of fused-ring (bicyclic) bond motifs is 6. The molecule has 0 atom stereocenters. The number of nitrogens with one attached hydrogen (secondary N) is 3. The lowest BCUT2D eigenvalue weighted by Gasteiger charge is -2.04. The van der Waals surface area contributed by atoms with Crippen molar-refractivity contribution in [3.63, 3.8) is 0 Å². The van der Waals surface area contributed by atoms with Gasteiger partial charge in [0.2, 0.25) is 10.0 Å². The van der Waals surface area contributed by atoms with E-state index >= 15 is 0 Å². The number of nitrogens with zero attached hydrogens (tertiary/aromatic N) is 6. The Bertz CT molecular complexity index is 2490. The van der Waals surface area contributed by atoms with Crippen LogP contribution in [0.5, 0.6) is 0 Å².